The van der Waals surface area contributed by atoms with Crippen LogP contribution in [0.25, 0.3) is 0 Å². The number of ether oxygens (including phenoxy) is 1. The zero-order chi connectivity index (χ0) is 13.7. The number of rotatable bonds is 5. The average molecular weight is 286 g/mol. The predicted molar refractivity (Wildman–Crippen MR) is 72.4 cm³/mol. The fourth-order valence-electron chi connectivity index (χ4n) is 1.81. The molecule has 2 heterocycles. The van der Waals surface area contributed by atoms with Gasteiger partial charge in [-0.1, -0.05) is 0 Å². The Labute approximate surface area is 113 Å². The number of pyridine rings is 1. The molecule has 8 heteroatoms. The number of hydrogen-bond acceptors (Lipinski definition) is 5. The lowest BCUT2D eigenvalue weighted by Gasteiger charge is -2.27. The van der Waals surface area contributed by atoms with Gasteiger partial charge in [-0.2, -0.15) is 12.7 Å². The summed E-state index contributed by atoms with van der Waals surface area (Å²) < 4.78 is 33.7. The quantitative estimate of drug-likeness (QED) is 0.798. The monoisotopic (exact) mass is 286 g/mol. The number of anilines is 1. The van der Waals surface area contributed by atoms with Crippen molar-refractivity contribution in [2.24, 2.45) is 0 Å². The van der Waals surface area contributed by atoms with Gasteiger partial charge in [0.15, 0.2) is 0 Å². The first-order chi connectivity index (χ1) is 9.13. The molecule has 0 saturated carbocycles. The third-order valence-electron chi connectivity index (χ3n) is 2.71. The van der Waals surface area contributed by atoms with Crippen LogP contribution in [0.5, 0.6) is 5.88 Å². The summed E-state index contributed by atoms with van der Waals surface area (Å²) in [5.74, 6) is 0.295. The van der Waals surface area contributed by atoms with E-state index in [1.165, 1.54) is 4.31 Å². The van der Waals surface area contributed by atoms with Crippen LogP contribution in [0, 0.1) is 0 Å². The lowest BCUT2D eigenvalue weighted by Crippen LogP contribution is -2.48. The molecule has 19 heavy (non-hydrogen) atoms. The van der Waals surface area contributed by atoms with E-state index in [4.69, 9.17) is 4.74 Å². The second-order valence-corrected chi connectivity index (χ2v) is 5.72. The zero-order valence-corrected chi connectivity index (χ0v) is 11.6. The maximum Gasteiger partial charge on any atom is 0.301 e. The fraction of sp³-hybridized carbons (Fsp3) is 0.545. The highest BCUT2D eigenvalue weighted by Gasteiger charge is 2.24. The molecule has 0 aromatic carbocycles. The van der Waals surface area contributed by atoms with Gasteiger partial charge in [-0.3, -0.25) is 4.72 Å². The Morgan fingerprint density at radius 1 is 1.47 bits per heavy atom. The summed E-state index contributed by atoms with van der Waals surface area (Å²) in [5.41, 5.74) is 0.364. The maximum atomic E-state index is 12.2. The first-order valence-electron chi connectivity index (χ1n) is 6.20. The molecule has 0 unspecified atom stereocenters. The molecule has 0 atom stereocenters. The molecule has 0 bridgehead atoms. The van der Waals surface area contributed by atoms with Crippen molar-refractivity contribution in [3.05, 3.63) is 18.3 Å². The van der Waals surface area contributed by atoms with E-state index in [1.54, 1.807) is 18.3 Å². The first-order valence-corrected chi connectivity index (χ1v) is 7.64. The minimum atomic E-state index is -3.55. The van der Waals surface area contributed by atoms with Gasteiger partial charge in [-0.25, -0.2) is 4.98 Å². The van der Waals surface area contributed by atoms with Gasteiger partial charge in [-0.15, -0.1) is 0 Å². The van der Waals surface area contributed by atoms with Crippen LogP contribution in [0.3, 0.4) is 0 Å². The van der Waals surface area contributed by atoms with Crippen molar-refractivity contribution >= 4 is 15.9 Å². The van der Waals surface area contributed by atoms with Crippen molar-refractivity contribution in [1.29, 1.82) is 0 Å². The Hall–Kier alpha value is -1.38. The van der Waals surface area contributed by atoms with Gasteiger partial charge in [0.05, 0.1) is 6.61 Å². The normalized spacial score (nSPS) is 17.1. The van der Waals surface area contributed by atoms with E-state index in [0.29, 0.717) is 44.4 Å². The van der Waals surface area contributed by atoms with Gasteiger partial charge >= 0.3 is 10.2 Å². The van der Waals surface area contributed by atoms with E-state index in [-0.39, 0.29) is 0 Å². The summed E-state index contributed by atoms with van der Waals surface area (Å²) in [5, 5.41) is 3.11. The number of nitrogens with one attached hydrogen (secondary N) is 2. The number of hydrogen-bond donors (Lipinski definition) is 2. The van der Waals surface area contributed by atoms with E-state index < -0.39 is 10.2 Å². The van der Waals surface area contributed by atoms with Crippen LogP contribution in [-0.4, -0.2) is 50.5 Å². The molecule has 0 aliphatic carbocycles. The van der Waals surface area contributed by atoms with Crippen LogP contribution in [0.1, 0.15) is 6.92 Å². The Balaban J connectivity index is 2.15. The number of piperazine rings is 1. The Kier molecular flexibility index (Phi) is 4.56. The SMILES string of the molecule is CCOc1ncccc1NS(=O)(=O)N1CCNCC1. The molecule has 1 fully saturated rings. The van der Waals surface area contributed by atoms with Gasteiger partial charge in [0.2, 0.25) is 5.88 Å². The summed E-state index contributed by atoms with van der Waals surface area (Å²) >= 11 is 0. The molecule has 1 aliphatic rings. The molecule has 0 spiro atoms. The highest BCUT2D eigenvalue weighted by Crippen LogP contribution is 2.22. The van der Waals surface area contributed by atoms with Gasteiger partial charge in [0, 0.05) is 32.4 Å². The molecule has 1 saturated heterocycles. The van der Waals surface area contributed by atoms with Gasteiger partial charge < -0.3 is 10.1 Å². The smallest absolute Gasteiger partial charge is 0.301 e. The van der Waals surface area contributed by atoms with Crippen LogP contribution < -0.4 is 14.8 Å². The summed E-state index contributed by atoms with van der Waals surface area (Å²) in [4.78, 5) is 4.02. The molecule has 0 radical (unpaired) electrons. The molecule has 2 rings (SSSR count). The van der Waals surface area contributed by atoms with Crippen molar-refractivity contribution < 1.29 is 13.2 Å². The van der Waals surface area contributed by atoms with Gasteiger partial charge in [0.1, 0.15) is 5.69 Å². The molecule has 106 valence electrons. The van der Waals surface area contributed by atoms with E-state index in [9.17, 15) is 8.42 Å². The zero-order valence-electron chi connectivity index (χ0n) is 10.8. The van der Waals surface area contributed by atoms with Crippen molar-refractivity contribution in [2.45, 2.75) is 6.92 Å². The second-order valence-electron chi connectivity index (χ2n) is 4.05. The van der Waals surface area contributed by atoms with E-state index in [1.807, 2.05) is 6.92 Å². The largest absolute Gasteiger partial charge is 0.476 e. The molecule has 2 N–H and O–H groups in total. The van der Waals surface area contributed by atoms with E-state index in [0.717, 1.165) is 0 Å². The average Bonchev–Trinajstić information content (AvgIpc) is 2.42. The topological polar surface area (TPSA) is 83.6 Å². The number of nitrogens with zero attached hydrogens (tertiary/aromatic N) is 2. The van der Waals surface area contributed by atoms with Crippen molar-refractivity contribution in [1.82, 2.24) is 14.6 Å². The van der Waals surface area contributed by atoms with Crippen LogP contribution in [0.4, 0.5) is 5.69 Å². The molecule has 1 aromatic rings. The van der Waals surface area contributed by atoms with Crippen molar-refractivity contribution in [2.75, 3.05) is 37.5 Å². The molecule has 0 amide bonds. The molecule has 1 aliphatic heterocycles. The highest BCUT2D eigenvalue weighted by molar-refractivity contribution is 7.90. The van der Waals surface area contributed by atoms with Gasteiger partial charge in [-0.05, 0) is 19.1 Å². The molecular formula is C11H18N4O3S. The maximum absolute atomic E-state index is 12.2. The predicted octanol–water partition coefficient (Wildman–Crippen LogP) is 0.0422. The Bertz CT molecular complexity index is 514. The Morgan fingerprint density at radius 3 is 2.89 bits per heavy atom. The summed E-state index contributed by atoms with van der Waals surface area (Å²) in [6.45, 7) is 4.49. The Morgan fingerprint density at radius 2 is 2.21 bits per heavy atom. The van der Waals surface area contributed by atoms with Crippen molar-refractivity contribution in [3.8, 4) is 5.88 Å². The van der Waals surface area contributed by atoms with Crippen LogP contribution in [0.15, 0.2) is 18.3 Å². The molecular weight excluding hydrogens is 268 g/mol. The summed E-state index contributed by atoms with van der Waals surface area (Å²) in [6.07, 6.45) is 1.56. The molecule has 1 aromatic heterocycles. The van der Waals surface area contributed by atoms with Crippen LogP contribution in [0.2, 0.25) is 0 Å². The van der Waals surface area contributed by atoms with Crippen molar-refractivity contribution in [3.63, 3.8) is 0 Å². The third-order valence-corrected chi connectivity index (χ3v) is 4.23. The summed E-state index contributed by atoms with van der Waals surface area (Å²) in [7, 11) is -3.55. The standard InChI is InChI=1S/C11H18N4O3S/c1-2-18-11-10(4-3-5-13-11)14-19(16,17)15-8-6-12-7-9-15/h3-5,12,14H,2,6-9H2,1H3. The summed E-state index contributed by atoms with van der Waals surface area (Å²) in [6, 6.07) is 3.30. The van der Waals surface area contributed by atoms with Crippen LogP contribution >= 0.6 is 0 Å². The highest BCUT2D eigenvalue weighted by atomic mass is 32.2. The minimum Gasteiger partial charge on any atom is -0.476 e. The lowest BCUT2D eigenvalue weighted by molar-refractivity contribution is 0.328. The minimum absolute atomic E-state index is 0.295. The number of aromatic nitrogens is 1. The lowest BCUT2D eigenvalue weighted by atomic mass is 10.4. The van der Waals surface area contributed by atoms with E-state index in [2.05, 4.69) is 15.0 Å². The van der Waals surface area contributed by atoms with Crippen LogP contribution in [-0.2, 0) is 10.2 Å². The van der Waals surface area contributed by atoms with E-state index >= 15 is 0 Å². The fourth-order valence-corrected chi connectivity index (χ4v) is 3.03. The van der Waals surface area contributed by atoms with Gasteiger partial charge in [0.25, 0.3) is 0 Å². The first kappa shape index (κ1) is 14.0. The molecule has 7 nitrogen and oxygen atoms in total. The third kappa shape index (κ3) is 3.55. The second kappa shape index (κ2) is 6.18.